The molecule has 4 aromatic rings. The van der Waals surface area contributed by atoms with Crippen LogP contribution in [-0.4, -0.2) is 17.9 Å². The number of aryl methyl sites for hydroxylation is 1. The fraction of sp³-hybridized carbons (Fsp3) is 0.0833. The minimum absolute atomic E-state index is 0.00309. The molecule has 8 nitrogen and oxygen atoms in total. The number of pyridine rings is 1. The van der Waals surface area contributed by atoms with Crippen LogP contribution in [0.3, 0.4) is 0 Å². The number of ether oxygens (including phenoxy) is 1. The number of amides is 1. The molecule has 1 amide bonds. The molecule has 0 fully saturated rings. The fourth-order valence-corrected chi connectivity index (χ4v) is 3.11. The Morgan fingerprint density at radius 1 is 0.909 bits per heavy atom. The molecule has 0 radical (unpaired) electrons. The Balaban J connectivity index is 1.49. The van der Waals surface area contributed by atoms with E-state index in [4.69, 9.17) is 4.74 Å². The molecule has 4 rings (SSSR count). The number of nitrogens with zero attached hydrogens (tertiary/aromatic N) is 1. The van der Waals surface area contributed by atoms with Crippen molar-refractivity contribution in [2.24, 2.45) is 0 Å². The maximum Gasteiger partial charge on any atom is 0.269 e. The van der Waals surface area contributed by atoms with Gasteiger partial charge in [-0.25, -0.2) is 4.39 Å². The first-order valence-electron chi connectivity index (χ1n) is 9.95. The number of hydrogen-bond acceptors (Lipinski definition) is 7. The molecule has 3 N–H and O–H groups in total. The molecule has 0 saturated heterocycles. The van der Waals surface area contributed by atoms with Gasteiger partial charge in [0, 0.05) is 25.0 Å². The zero-order chi connectivity index (χ0) is 23.5. The Bertz CT molecular complexity index is 1410. The van der Waals surface area contributed by atoms with Crippen molar-refractivity contribution in [1.82, 2.24) is 10.3 Å². The molecule has 0 aliphatic rings. The summed E-state index contributed by atoms with van der Waals surface area (Å²) in [7, 11) is 1.51. The van der Waals surface area contributed by atoms with Gasteiger partial charge >= 0.3 is 0 Å². The van der Waals surface area contributed by atoms with E-state index in [-0.39, 0.29) is 28.7 Å². The van der Waals surface area contributed by atoms with Crippen molar-refractivity contribution in [2.45, 2.75) is 6.92 Å². The standard InChI is InChI=1S/C24H19FN4O4/c1-13-3-8-17(25)18(11-13)29-21-20(22(30)23(21)31)28-14-4-6-15(7-5-14)33-16-9-10-27-19(12-16)24(32)26-2/h3-12,28-29H,1-2H3,(H,26,32). The van der Waals surface area contributed by atoms with Crippen LogP contribution < -0.4 is 31.5 Å². The Labute approximate surface area is 187 Å². The zero-order valence-corrected chi connectivity index (χ0v) is 17.7. The molecule has 0 spiro atoms. The lowest BCUT2D eigenvalue weighted by molar-refractivity contribution is 0.0958. The summed E-state index contributed by atoms with van der Waals surface area (Å²) in [6, 6.07) is 14.2. The lowest BCUT2D eigenvalue weighted by Crippen LogP contribution is -2.35. The predicted octanol–water partition coefficient (Wildman–Crippen LogP) is 3.76. The second-order valence-corrected chi connectivity index (χ2v) is 7.22. The number of aromatic nitrogens is 1. The highest BCUT2D eigenvalue weighted by atomic mass is 19.1. The molecule has 9 heteroatoms. The minimum atomic E-state index is -0.719. The van der Waals surface area contributed by atoms with Crippen molar-refractivity contribution in [3.05, 3.63) is 98.3 Å². The minimum Gasteiger partial charge on any atom is -0.457 e. The summed E-state index contributed by atoms with van der Waals surface area (Å²) in [5.74, 6) is 0.0537. The first-order valence-corrected chi connectivity index (χ1v) is 9.95. The predicted molar refractivity (Wildman–Crippen MR) is 123 cm³/mol. The van der Waals surface area contributed by atoms with Gasteiger partial charge in [-0.2, -0.15) is 0 Å². The molecule has 166 valence electrons. The van der Waals surface area contributed by atoms with Gasteiger partial charge in [-0.3, -0.25) is 19.4 Å². The number of nitrogens with one attached hydrogen (secondary N) is 3. The van der Waals surface area contributed by atoms with E-state index in [1.807, 2.05) is 0 Å². The second kappa shape index (κ2) is 8.91. The molecule has 0 aliphatic carbocycles. The highest BCUT2D eigenvalue weighted by Crippen LogP contribution is 2.28. The third kappa shape index (κ3) is 4.57. The third-order valence-electron chi connectivity index (χ3n) is 4.84. The van der Waals surface area contributed by atoms with Gasteiger partial charge < -0.3 is 20.7 Å². The molecule has 0 bridgehead atoms. The van der Waals surface area contributed by atoms with E-state index in [1.54, 1.807) is 49.4 Å². The van der Waals surface area contributed by atoms with Crippen LogP contribution in [0, 0.1) is 12.7 Å². The van der Waals surface area contributed by atoms with Crippen LogP contribution in [0.25, 0.3) is 0 Å². The van der Waals surface area contributed by atoms with Gasteiger partial charge in [0.15, 0.2) is 0 Å². The molecular weight excluding hydrogens is 427 g/mol. The molecule has 3 aromatic carbocycles. The van der Waals surface area contributed by atoms with Crippen LogP contribution in [0.4, 0.5) is 27.1 Å². The van der Waals surface area contributed by atoms with Crippen molar-refractivity contribution in [3.63, 3.8) is 0 Å². The largest absolute Gasteiger partial charge is 0.457 e. The highest BCUT2D eigenvalue weighted by molar-refractivity contribution is 5.92. The monoisotopic (exact) mass is 446 g/mol. The topological polar surface area (TPSA) is 109 Å². The number of halogens is 1. The first kappa shape index (κ1) is 21.7. The van der Waals surface area contributed by atoms with Crippen LogP contribution in [0.5, 0.6) is 11.5 Å². The average molecular weight is 446 g/mol. The number of benzene rings is 2. The molecule has 0 atom stereocenters. The van der Waals surface area contributed by atoms with Gasteiger partial charge in [-0.1, -0.05) is 6.07 Å². The van der Waals surface area contributed by atoms with Gasteiger partial charge in [0.25, 0.3) is 16.8 Å². The molecular formula is C24H19FN4O4. The Hall–Kier alpha value is -4.53. The van der Waals surface area contributed by atoms with Crippen LogP contribution in [0.2, 0.25) is 0 Å². The summed E-state index contributed by atoms with van der Waals surface area (Å²) < 4.78 is 19.8. The molecule has 1 aromatic heterocycles. The summed E-state index contributed by atoms with van der Waals surface area (Å²) in [5, 5.41) is 8.09. The van der Waals surface area contributed by atoms with E-state index in [1.165, 1.54) is 25.4 Å². The number of anilines is 4. The highest BCUT2D eigenvalue weighted by Gasteiger charge is 2.22. The third-order valence-corrected chi connectivity index (χ3v) is 4.84. The summed E-state index contributed by atoms with van der Waals surface area (Å²) in [5.41, 5.74) is 0.317. The molecule has 1 heterocycles. The van der Waals surface area contributed by atoms with Gasteiger partial charge in [0.05, 0.1) is 5.69 Å². The van der Waals surface area contributed by atoms with Crippen molar-refractivity contribution in [3.8, 4) is 11.5 Å². The van der Waals surface area contributed by atoms with E-state index >= 15 is 0 Å². The van der Waals surface area contributed by atoms with Gasteiger partial charge in [0.1, 0.15) is 34.4 Å². The van der Waals surface area contributed by atoms with Crippen molar-refractivity contribution >= 4 is 28.7 Å². The van der Waals surface area contributed by atoms with Crippen LogP contribution in [0.1, 0.15) is 16.1 Å². The van der Waals surface area contributed by atoms with Crippen LogP contribution in [0.15, 0.2) is 70.4 Å². The van der Waals surface area contributed by atoms with Crippen molar-refractivity contribution < 1.29 is 13.9 Å². The molecule has 0 aliphatic heterocycles. The number of carbonyl (C=O) groups excluding carboxylic acids is 1. The maximum atomic E-state index is 14.0. The van der Waals surface area contributed by atoms with Crippen molar-refractivity contribution in [1.29, 1.82) is 0 Å². The SMILES string of the molecule is CNC(=O)c1cc(Oc2ccc(Nc3c(Nc4cc(C)ccc4F)c(=O)c3=O)cc2)ccn1. The van der Waals surface area contributed by atoms with Gasteiger partial charge in [-0.05, 0) is 55.0 Å². The average Bonchev–Trinajstić information content (AvgIpc) is 2.83. The van der Waals surface area contributed by atoms with Crippen LogP contribution >= 0.6 is 0 Å². The van der Waals surface area contributed by atoms with Crippen molar-refractivity contribution in [2.75, 3.05) is 17.7 Å². The fourth-order valence-electron chi connectivity index (χ4n) is 3.11. The number of carbonyl (C=O) groups is 1. The lowest BCUT2D eigenvalue weighted by atomic mass is 10.1. The van der Waals surface area contributed by atoms with Gasteiger partial charge in [0.2, 0.25) is 0 Å². The summed E-state index contributed by atoms with van der Waals surface area (Å²) in [6.07, 6.45) is 1.47. The Morgan fingerprint density at radius 3 is 2.30 bits per heavy atom. The summed E-state index contributed by atoms with van der Waals surface area (Å²) in [6.45, 7) is 1.79. The number of rotatable bonds is 7. The first-order chi connectivity index (χ1) is 15.9. The van der Waals surface area contributed by atoms with E-state index in [2.05, 4.69) is 20.9 Å². The smallest absolute Gasteiger partial charge is 0.269 e. The normalized spacial score (nSPS) is 10.6. The van der Waals surface area contributed by atoms with E-state index in [9.17, 15) is 18.8 Å². The van der Waals surface area contributed by atoms with E-state index < -0.39 is 16.7 Å². The summed E-state index contributed by atoms with van der Waals surface area (Å²) >= 11 is 0. The molecule has 0 unspecified atom stereocenters. The van der Waals surface area contributed by atoms with E-state index in [0.717, 1.165) is 5.56 Å². The Morgan fingerprint density at radius 2 is 1.61 bits per heavy atom. The van der Waals surface area contributed by atoms with Gasteiger partial charge in [-0.15, -0.1) is 0 Å². The number of hydrogen-bond donors (Lipinski definition) is 3. The summed E-state index contributed by atoms with van der Waals surface area (Å²) in [4.78, 5) is 39.8. The zero-order valence-electron chi connectivity index (χ0n) is 17.7. The quantitative estimate of drug-likeness (QED) is 0.371. The second-order valence-electron chi connectivity index (χ2n) is 7.22. The lowest BCUT2D eigenvalue weighted by Gasteiger charge is -2.16. The maximum absolute atomic E-state index is 14.0. The molecule has 33 heavy (non-hydrogen) atoms. The van der Waals surface area contributed by atoms with E-state index in [0.29, 0.717) is 17.2 Å². The van der Waals surface area contributed by atoms with Crippen LogP contribution in [-0.2, 0) is 0 Å². The molecule has 0 saturated carbocycles. The Kier molecular flexibility index (Phi) is 5.86.